The van der Waals surface area contributed by atoms with E-state index < -0.39 is 0 Å². The molecule has 0 radical (unpaired) electrons. The summed E-state index contributed by atoms with van der Waals surface area (Å²) in [5.74, 6) is 0.799. The van der Waals surface area contributed by atoms with Gasteiger partial charge in [-0.25, -0.2) is 0 Å². The molecule has 128 valence electrons. The quantitative estimate of drug-likeness (QED) is 0.794. The maximum absolute atomic E-state index is 5.46. The Kier molecular flexibility index (Phi) is 6.07. The molecule has 0 saturated carbocycles. The van der Waals surface area contributed by atoms with Crippen LogP contribution in [0.1, 0.15) is 17.7 Å². The number of benzene rings is 1. The van der Waals surface area contributed by atoms with Crippen molar-refractivity contribution < 1.29 is 4.74 Å². The predicted molar refractivity (Wildman–Crippen MR) is 105 cm³/mol. The molecule has 1 aromatic heterocycles. The fourth-order valence-electron chi connectivity index (χ4n) is 2.95. The molecule has 0 amide bonds. The number of para-hydroxylation sites is 2. The van der Waals surface area contributed by atoms with Crippen LogP contribution in [0, 0.1) is 0 Å². The van der Waals surface area contributed by atoms with Crippen LogP contribution in [0.4, 0.5) is 5.69 Å². The Morgan fingerprint density at radius 2 is 2.04 bits per heavy atom. The van der Waals surface area contributed by atoms with E-state index in [-0.39, 0.29) is 0 Å². The summed E-state index contributed by atoms with van der Waals surface area (Å²) in [6.45, 7) is 3.27. The molecule has 1 fully saturated rings. The molecule has 24 heavy (non-hydrogen) atoms. The average molecular weight is 362 g/mol. The number of thiophene rings is 1. The Morgan fingerprint density at radius 1 is 1.25 bits per heavy atom. The molecule has 1 aliphatic heterocycles. The molecule has 1 saturated heterocycles. The number of ether oxygens (including phenoxy) is 1. The van der Waals surface area contributed by atoms with Gasteiger partial charge in [-0.15, -0.1) is 11.3 Å². The SMILES string of the molecule is COc1ccccc1NC(=S)NC1CCN(Cc2cccs2)CC1. The van der Waals surface area contributed by atoms with E-state index in [9.17, 15) is 0 Å². The summed E-state index contributed by atoms with van der Waals surface area (Å²) < 4.78 is 5.34. The van der Waals surface area contributed by atoms with Gasteiger partial charge in [-0.1, -0.05) is 18.2 Å². The molecule has 0 unspecified atom stereocenters. The summed E-state index contributed by atoms with van der Waals surface area (Å²) in [5.41, 5.74) is 0.896. The molecular formula is C18H23N3OS2. The first kappa shape index (κ1) is 17.2. The Hall–Kier alpha value is -1.63. The van der Waals surface area contributed by atoms with Gasteiger partial charge in [-0.05, 0) is 48.6 Å². The highest BCUT2D eigenvalue weighted by molar-refractivity contribution is 7.80. The van der Waals surface area contributed by atoms with Crippen LogP contribution >= 0.6 is 23.6 Å². The second-order valence-electron chi connectivity index (χ2n) is 5.93. The Balaban J connectivity index is 1.44. The largest absolute Gasteiger partial charge is 0.495 e. The summed E-state index contributed by atoms with van der Waals surface area (Å²) in [4.78, 5) is 3.95. The van der Waals surface area contributed by atoms with E-state index in [1.165, 1.54) is 4.88 Å². The van der Waals surface area contributed by atoms with Crippen LogP contribution in [0.3, 0.4) is 0 Å². The van der Waals surface area contributed by atoms with Gasteiger partial charge in [0, 0.05) is 30.6 Å². The van der Waals surface area contributed by atoms with Crippen molar-refractivity contribution in [3.05, 3.63) is 46.7 Å². The molecule has 1 aromatic carbocycles. The van der Waals surface area contributed by atoms with E-state index in [0.717, 1.165) is 43.9 Å². The summed E-state index contributed by atoms with van der Waals surface area (Å²) in [7, 11) is 1.67. The van der Waals surface area contributed by atoms with Crippen molar-refractivity contribution in [2.24, 2.45) is 0 Å². The van der Waals surface area contributed by atoms with E-state index in [2.05, 4.69) is 33.0 Å². The molecule has 1 aliphatic rings. The minimum atomic E-state index is 0.430. The number of piperidine rings is 1. The second-order valence-corrected chi connectivity index (χ2v) is 7.37. The van der Waals surface area contributed by atoms with E-state index in [1.807, 2.05) is 35.6 Å². The van der Waals surface area contributed by atoms with Crippen molar-refractivity contribution >= 4 is 34.4 Å². The van der Waals surface area contributed by atoms with Crippen LogP contribution in [-0.4, -0.2) is 36.3 Å². The number of hydrogen-bond donors (Lipinski definition) is 2. The molecule has 4 nitrogen and oxygen atoms in total. The third-order valence-electron chi connectivity index (χ3n) is 4.24. The number of nitrogens with zero attached hydrogens (tertiary/aromatic N) is 1. The summed E-state index contributed by atoms with van der Waals surface area (Å²) in [5, 5.41) is 9.49. The zero-order valence-electron chi connectivity index (χ0n) is 13.8. The lowest BCUT2D eigenvalue weighted by molar-refractivity contribution is 0.201. The lowest BCUT2D eigenvalue weighted by atomic mass is 10.1. The van der Waals surface area contributed by atoms with Gasteiger partial charge in [0.25, 0.3) is 0 Å². The number of nitrogens with one attached hydrogen (secondary N) is 2. The Labute approximate surface area is 152 Å². The second kappa shape index (κ2) is 8.46. The van der Waals surface area contributed by atoms with Gasteiger partial charge < -0.3 is 15.4 Å². The van der Waals surface area contributed by atoms with Gasteiger partial charge in [-0.2, -0.15) is 0 Å². The topological polar surface area (TPSA) is 36.5 Å². The van der Waals surface area contributed by atoms with Crippen LogP contribution < -0.4 is 15.4 Å². The van der Waals surface area contributed by atoms with Crippen LogP contribution in [0.5, 0.6) is 5.75 Å². The van der Waals surface area contributed by atoms with Crippen LogP contribution in [0.15, 0.2) is 41.8 Å². The Bertz CT molecular complexity index is 652. The fraction of sp³-hybridized carbons (Fsp3) is 0.389. The molecule has 0 bridgehead atoms. The molecule has 0 aliphatic carbocycles. The molecule has 6 heteroatoms. The minimum Gasteiger partial charge on any atom is -0.495 e. The highest BCUT2D eigenvalue weighted by atomic mass is 32.1. The van der Waals surface area contributed by atoms with Crippen molar-refractivity contribution in [1.82, 2.24) is 10.2 Å². The van der Waals surface area contributed by atoms with Crippen molar-refractivity contribution in [2.75, 3.05) is 25.5 Å². The standard InChI is InChI=1S/C18H23N3OS2/c1-22-17-7-3-2-6-16(17)20-18(23)19-14-8-10-21(11-9-14)13-15-5-4-12-24-15/h2-7,12,14H,8-11,13H2,1H3,(H2,19,20,23). The molecule has 2 aromatic rings. The van der Waals surface area contributed by atoms with Gasteiger partial charge >= 0.3 is 0 Å². The van der Waals surface area contributed by atoms with Crippen molar-refractivity contribution in [3.8, 4) is 5.75 Å². The van der Waals surface area contributed by atoms with Crippen LogP contribution in [-0.2, 0) is 6.54 Å². The number of hydrogen-bond acceptors (Lipinski definition) is 4. The van der Waals surface area contributed by atoms with Crippen LogP contribution in [0.2, 0.25) is 0 Å². The maximum atomic E-state index is 5.46. The molecular weight excluding hydrogens is 338 g/mol. The molecule has 2 N–H and O–H groups in total. The number of likely N-dealkylation sites (tertiary alicyclic amines) is 1. The zero-order chi connectivity index (χ0) is 16.8. The third-order valence-corrected chi connectivity index (χ3v) is 5.32. The minimum absolute atomic E-state index is 0.430. The van der Waals surface area contributed by atoms with Gasteiger partial charge in [0.15, 0.2) is 5.11 Å². The van der Waals surface area contributed by atoms with Gasteiger partial charge in [0.2, 0.25) is 0 Å². The Morgan fingerprint density at radius 3 is 2.75 bits per heavy atom. The smallest absolute Gasteiger partial charge is 0.171 e. The third kappa shape index (κ3) is 4.69. The summed E-state index contributed by atoms with van der Waals surface area (Å²) in [6.07, 6.45) is 2.22. The summed E-state index contributed by atoms with van der Waals surface area (Å²) >= 11 is 7.29. The van der Waals surface area contributed by atoms with E-state index >= 15 is 0 Å². The van der Waals surface area contributed by atoms with Gasteiger partial charge in [-0.3, -0.25) is 4.90 Å². The zero-order valence-corrected chi connectivity index (χ0v) is 15.5. The van der Waals surface area contributed by atoms with E-state index in [4.69, 9.17) is 17.0 Å². The van der Waals surface area contributed by atoms with Gasteiger partial charge in [0.05, 0.1) is 12.8 Å². The normalized spacial score (nSPS) is 15.9. The van der Waals surface area contributed by atoms with Crippen molar-refractivity contribution in [2.45, 2.75) is 25.4 Å². The lowest BCUT2D eigenvalue weighted by Gasteiger charge is -2.32. The monoisotopic (exact) mass is 361 g/mol. The molecule has 0 atom stereocenters. The number of thiocarbonyl (C=S) groups is 1. The summed E-state index contributed by atoms with van der Waals surface area (Å²) in [6, 6.07) is 12.6. The molecule has 3 rings (SSSR count). The fourth-order valence-corrected chi connectivity index (χ4v) is 3.97. The highest BCUT2D eigenvalue weighted by Gasteiger charge is 2.20. The first-order valence-electron chi connectivity index (χ1n) is 8.20. The molecule has 0 spiro atoms. The first-order chi connectivity index (χ1) is 11.7. The van der Waals surface area contributed by atoms with Crippen molar-refractivity contribution in [1.29, 1.82) is 0 Å². The van der Waals surface area contributed by atoms with E-state index in [0.29, 0.717) is 11.2 Å². The van der Waals surface area contributed by atoms with Crippen LogP contribution in [0.25, 0.3) is 0 Å². The van der Waals surface area contributed by atoms with Gasteiger partial charge in [0.1, 0.15) is 5.75 Å². The maximum Gasteiger partial charge on any atom is 0.171 e. The number of anilines is 1. The average Bonchev–Trinajstić information content (AvgIpc) is 3.10. The highest BCUT2D eigenvalue weighted by Crippen LogP contribution is 2.23. The first-order valence-corrected chi connectivity index (χ1v) is 9.48. The van der Waals surface area contributed by atoms with Crippen molar-refractivity contribution in [3.63, 3.8) is 0 Å². The number of methoxy groups -OCH3 is 1. The van der Waals surface area contributed by atoms with E-state index in [1.54, 1.807) is 7.11 Å². The lowest BCUT2D eigenvalue weighted by Crippen LogP contribution is -2.45. The predicted octanol–water partition coefficient (Wildman–Crippen LogP) is 3.71. The number of rotatable bonds is 5. The molecule has 2 heterocycles.